The monoisotopic (exact) mass is 289 g/mol. The molecule has 1 heterocycles. The fourth-order valence-corrected chi connectivity index (χ4v) is 2.18. The van der Waals surface area contributed by atoms with Crippen LogP contribution in [0.3, 0.4) is 0 Å². The van der Waals surface area contributed by atoms with E-state index in [1.165, 1.54) is 0 Å². The Labute approximate surface area is 113 Å². The zero-order chi connectivity index (χ0) is 14.8. The van der Waals surface area contributed by atoms with E-state index in [1.54, 1.807) is 0 Å². The van der Waals surface area contributed by atoms with Gasteiger partial charge in [0.05, 0.1) is 10.5 Å². The number of hydrogen-bond donors (Lipinski definition) is 2. The third kappa shape index (κ3) is 3.38. The molecule has 8 heteroatoms. The molecule has 5 nitrogen and oxygen atoms in total. The van der Waals surface area contributed by atoms with Gasteiger partial charge in [-0.3, -0.25) is 10.1 Å². The van der Waals surface area contributed by atoms with Gasteiger partial charge in [-0.1, -0.05) is 0 Å². The van der Waals surface area contributed by atoms with Crippen molar-refractivity contribution < 1.29 is 18.1 Å². The summed E-state index contributed by atoms with van der Waals surface area (Å²) in [5, 5.41) is 16.4. The van der Waals surface area contributed by atoms with Crippen molar-refractivity contribution in [3.63, 3.8) is 0 Å². The van der Waals surface area contributed by atoms with Gasteiger partial charge in [0.2, 0.25) is 0 Å². The molecule has 1 saturated heterocycles. The minimum atomic E-state index is -4.62. The molecule has 0 radical (unpaired) electrons. The van der Waals surface area contributed by atoms with Gasteiger partial charge in [0, 0.05) is 24.4 Å². The third-order valence-corrected chi connectivity index (χ3v) is 3.26. The zero-order valence-electron chi connectivity index (χ0n) is 10.5. The molecule has 1 atom stereocenters. The minimum absolute atomic E-state index is 0.116. The summed E-state index contributed by atoms with van der Waals surface area (Å²) in [4.78, 5) is 9.73. The number of hydrogen-bond acceptors (Lipinski definition) is 4. The third-order valence-electron chi connectivity index (χ3n) is 3.26. The maximum Gasteiger partial charge on any atom is 0.418 e. The van der Waals surface area contributed by atoms with E-state index in [2.05, 4.69) is 10.6 Å². The first-order valence-corrected chi connectivity index (χ1v) is 6.18. The maximum atomic E-state index is 12.9. The fraction of sp³-hybridized carbons (Fsp3) is 0.500. The molecule has 1 fully saturated rings. The standard InChI is InChI=1S/C12H14F3N3O2/c13-12(14,15)10-5-9(18(19)20)1-2-11(10)17-7-8-3-4-16-6-8/h1-2,5,8,16-17H,3-4,6-7H2. The lowest BCUT2D eigenvalue weighted by atomic mass is 10.1. The molecule has 0 aromatic heterocycles. The molecule has 1 aromatic carbocycles. The largest absolute Gasteiger partial charge is 0.418 e. The molecule has 1 unspecified atom stereocenters. The molecule has 0 amide bonds. The Kier molecular flexibility index (Phi) is 4.12. The van der Waals surface area contributed by atoms with Gasteiger partial charge in [-0.15, -0.1) is 0 Å². The second kappa shape index (κ2) is 5.66. The van der Waals surface area contributed by atoms with Crippen LogP contribution in [0, 0.1) is 16.0 Å². The number of nitrogens with one attached hydrogen (secondary N) is 2. The Morgan fingerprint density at radius 3 is 2.75 bits per heavy atom. The van der Waals surface area contributed by atoms with Gasteiger partial charge in [0.15, 0.2) is 0 Å². The van der Waals surface area contributed by atoms with Crippen molar-refractivity contribution in [2.45, 2.75) is 12.6 Å². The number of halogens is 3. The van der Waals surface area contributed by atoms with Crippen LogP contribution in [0.2, 0.25) is 0 Å². The molecule has 1 aliphatic heterocycles. The number of nitro benzene ring substituents is 1. The topological polar surface area (TPSA) is 67.2 Å². The second-order valence-electron chi connectivity index (χ2n) is 4.72. The summed E-state index contributed by atoms with van der Waals surface area (Å²) < 4.78 is 38.8. The smallest absolute Gasteiger partial charge is 0.384 e. The van der Waals surface area contributed by atoms with Crippen LogP contribution in [0.25, 0.3) is 0 Å². The maximum absolute atomic E-state index is 12.9. The van der Waals surface area contributed by atoms with Crippen LogP contribution >= 0.6 is 0 Å². The van der Waals surface area contributed by atoms with Gasteiger partial charge >= 0.3 is 6.18 Å². The van der Waals surface area contributed by atoms with Crippen molar-refractivity contribution in [3.8, 4) is 0 Å². The average Bonchev–Trinajstić information content (AvgIpc) is 2.88. The molecule has 2 N–H and O–H groups in total. The fourth-order valence-electron chi connectivity index (χ4n) is 2.18. The van der Waals surface area contributed by atoms with Crippen LogP contribution in [0.1, 0.15) is 12.0 Å². The summed E-state index contributed by atoms with van der Waals surface area (Å²) in [7, 11) is 0. The van der Waals surface area contributed by atoms with Gasteiger partial charge < -0.3 is 10.6 Å². The molecule has 1 aliphatic rings. The SMILES string of the molecule is O=[N+]([O-])c1ccc(NCC2CCNC2)c(C(F)(F)F)c1. The summed E-state index contributed by atoms with van der Waals surface area (Å²) in [6.07, 6.45) is -3.72. The summed E-state index contributed by atoms with van der Waals surface area (Å²) in [6, 6.07) is 2.75. The van der Waals surface area contributed by atoms with Crippen molar-refractivity contribution >= 4 is 11.4 Å². The quantitative estimate of drug-likeness (QED) is 0.660. The predicted octanol–water partition coefficient (Wildman–Crippen LogP) is 2.64. The highest BCUT2D eigenvalue weighted by Crippen LogP contribution is 2.37. The highest BCUT2D eigenvalue weighted by atomic mass is 19.4. The molecule has 1 aromatic rings. The first kappa shape index (κ1) is 14.6. The van der Waals surface area contributed by atoms with Crippen molar-refractivity contribution in [1.29, 1.82) is 0 Å². The van der Waals surface area contributed by atoms with Crippen molar-refractivity contribution in [2.24, 2.45) is 5.92 Å². The molecule has 110 valence electrons. The van der Waals surface area contributed by atoms with E-state index in [0.29, 0.717) is 12.6 Å². The van der Waals surface area contributed by atoms with E-state index in [-0.39, 0.29) is 11.6 Å². The highest BCUT2D eigenvalue weighted by molar-refractivity contribution is 5.57. The van der Waals surface area contributed by atoms with Crippen LogP contribution in [0.4, 0.5) is 24.5 Å². The number of nitro groups is 1. The molecule has 2 rings (SSSR count). The number of nitrogens with zero attached hydrogens (tertiary/aromatic N) is 1. The van der Waals surface area contributed by atoms with Gasteiger partial charge in [-0.25, -0.2) is 0 Å². The van der Waals surface area contributed by atoms with Gasteiger partial charge in [0.25, 0.3) is 5.69 Å². The number of non-ortho nitro benzene ring substituents is 1. The molecule has 0 spiro atoms. The summed E-state index contributed by atoms with van der Waals surface area (Å²) >= 11 is 0. The van der Waals surface area contributed by atoms with Gasteiger partial charge in [-0.05, 0) is 31.5 Å². The normalized spacial score (nSPS) is 19.1. The van der Waals surface area contributed by atoms with Crippen molar-refractivity contribution in [1.82, 2.24) is 5.32 Å². The Hall–Kier alpha value is -1.83. The molecular weight excluding hydrogens is 275 g/mol. The van der Waals surface area contributed by atoms with E-state index in [9.17, 15) is 23.3 Å². The molecular formula is C12H14F3N3O2. The van der Waals surface area contributed by atoms with Crippen LogP contribution in [-0.2, 0) is 6.18 Å². The summed E-state index contributed by atoms with van der Waals surface area (Å²) in [6.45, 7) is 2.04. The molecule has 20 heavy (non-hydrogen) atoms. The minimum Gasteiger partial charge on any atom is -0.384 e. The molecule has 0 bridgehead atoms. The van der Waals surface area contributed by atoms with Crippen LogP contribution in [-0.4, -0.2) is 24.6 Å². The number of alkyl halides is 3. The Morgan fingerprint density at radius 1 is 1.45 bits per heavy atom. The Bertz CT molecular complexity index is 499. The first-order chi connectivity index (χ1) is 9.38. The van der Waals surface area contributed by atoms with E-state index < -0.39 is 22.4 Å². The Balaban J connectivity index is 2.19. The van der Waals surface area contributed by atoms with Crippen LogP contribution in [0.15, 0.2) is 18.2 Å². The lowest BCUT2D eigenvalue weighted by molar-refractivity contribution is -0.385. The number of rotatable bonds is 4. The molecule has 0 saturated carbocycles. The first-order valence-electron chi connectivity index (χ1n) is 6.18. The van der Waals surface area contributed by atoms with Crippen LogP contribution in [0.5, 0.6) is 0 Å². The number of anilines is 1. The summed E-state index contributed by atoms with van der Waals surface area (Å²) in [5.74, 6) is 0.270. The lowest BCUT2D eigenvalue weighted by Crippen LogP contribution is -2.19. The Morgan fingerprint density at radius 2 is 2.20 bits per heavy atom. The van der Waals surface area contributed by atoms with Gasteiger partial charge in [-0.2, -0.15) is 13.2 Å². The number of benzene rings is 1. The summed E-state index contributed by atoms with van der Waals surface area (Å²) in [5.41, 5.74) is -1.68. The zero-order valence-corrected chi connectivity index (χ0v) is 10.5. The van der Waals surface area contributed by atoms with Crippen molar-refractivity contribution in [2.75, 3.05) is 25.0 Å². The van der Waals surface area contributed by atoms with E-state index in [1.807, 2.05) is 0 Å². The van der Waals surface area contributed by atoms with E-state index in [0.717, 1.165) is 31.6 Å². The van der Waals surface area contributed by atoms with E-state index >= 15 is 0 Å². The van der Waals surface area contributed by atoms with Gasteiger partial charge in [0.1, 0.15) is 0 Å². The average molecular weight is 289 g/mol. The predicted molar refractivity (Wildman–Crippen MR) is 67.6 cm³/mol. The second-order valence-corrected chi connectivity index (χ2v) is 4.72. The molecule has 0 aliphatic carbocycles. The van der Waals surface area contributed by atoms with E-state index in [4.69, 9.17) is 0 Å². The van der Waals surface area contributed by atoms with Crippen molar-refractivity contribution in [3.05, 3.63) is 33.9 Å². The van der Waals surface area contributed by atoms with Crippen LogP contribution < -0.4 is 10.6 Å². The lowest BCUT2D eigenvalue weighted by Gasteiger charge is -2.16. The highest BCUT2D eigenvalue weighted by Gasteiger charge is 2.35.